The van der Waals surface area contributed by atoms with Gasteiger partial charge in [-0.15, -0.1) is 0 Å². The summed E-state index contributed by atoms with van der Waals surface area (Å²) in [4.78, 5) is 11.5. The van der Waals surface area contributed by atoms with Crippen LogP contribution >= 0.6 is 0 Å². The Kier molecular flexibility index (Phi) is 3.80. The largest absolute Gasteiger partial charge is 0.393 e. The zero-order chi connectivity index (χ0) is 10.6. The summed E-state index contributed by atoms with van der Waals surface area (Å²) in [6, 6.07) is 8.57. The van der Waals surface area contributed by atoms with Gasteiger partial charge in [0.2, 0.25) is 0 Å². The highest BCUT2D eigenvalue weighted by Crippen LogP contribution is 2.07. The summed E-state index contributed by atoms with van der Waals surface area (Å²) in [5, 5.41) is 18.4. The highest BCUT2D eigenvalue weighted by atomic mass is 16.3. The maximum atomic E-state index is 11.5. The molecule has 2 atom stereocenters. The van der Waals surface area contributed by atoms with Gasteiger partial charge in [-0.3, -0.25) is 4.79 Å². The van der Waals surface area contributed by atoms with Gasteiger partial charge < -0.3 is 10.2 Å². The first-order valence-electron chi connectivity index (χ1n) is 4.56. The van der Waals surface area contributed by atoms with E-state index in [0.29, 0.717) is 5.56 Å². The van der Waals surface area contributed by atoms with E-state index >= 15 is 0 Å². The lowest BCUT2D eigenvalue weighted by Crippen LogP contribution is -2.24. The van der Waals surface area contributed by atoms with E-state index in [4.69, 9.17) is 5.11 Å². The molecular weight excluding hydrogens is 180 g/mol. The molecule has 3 nitrogen and oxygen atoms in total. The van der Waals surface area contributed by atoms with E-state index in [2.05, 4.69) is 0 Å². The highest BCUT2D eigenvalue weighted by molar-refractivity contribution is 5.99. The number of benzene rings is 1. The van der Waals surface area contributed by atoms with Gasteiger partial charge in [-0.05, 0) is 6.92 Å². The second kappa shape index (κ2) is 4.88. The second-order valence-corrected chi connectivity index (χ2v) is 3.33. The summed E-state index contributed by atoms with van der Waals surface area (Å²) in [5.41, 5.74) is 0.473. The molecule has 1 rings (SSSR count). The fraction of sp³-hybridized carbons (Fsp3) is 0.364. The maximum absolute atomic E-state index is 11.5. The Balaban J connectivity index is 2.66. The smallest absolute Gasteiger partial charge is 0.191 e. The summed E-state index contributed by atoms with van der Waals surface area (Å²) in [6.07, 6.45) is -1.71. The van der Waals surface area contributed by atoms with Crippen LogP contribution in [0.25, 0.3) is 0 Å². The Labute approximate surface area is 83.0 Å². The predicted molar refractivity (Wildman–Crippen MR) is 53.1 cm³/mol. The molecule has 14 heavy (non-hydrogen) atoms. The normalized spacial score (nSPS) is 14.8. The number of aliphatic hydroxyl groups excluding tert-OH is 2. The zero-order valence-corrected chi connectivity index (χ0v) is 8.05. The van der Waals surface area contributed by atoms with Gasteiger partial charge in [0.1, 0.15) is 6.10 Å². The predicted octanol–water partition coefficient (Wildman–Crippen LogP) is 1.00. The van der Waals surface area contributed by atoms with Crippen molar-refractivity contribution in [3.63, 3.8) is 0 Å². The number of rotatable bonds is 4. The van der Waals surface area contributed by atoms with Gasteiger partial charge in [0.05, 0.1) is 6.10 Å². The SMILES string of the molecule is CC(O)CC(O)C(=O)c1ccccc1. The number of hydrogen-bond acceptors (Lipinski definition) is 3. The van der Waals surface area contributed by atoms with Gasteiger partial charge in [-0.1, -0.05) is 30.3 Å². The molecule has 0 heterocycles. The van der Waals surface area contributed by atoms with Crippen LogP contribution in [0, 0.1) is 0 Å². The number of ketones is 1. The summed E-state index contributed by atoms with van der Waals surface area (Å²) in [5.74, 6) is -0.341. The van der Waals surface area contributed by atoms with E-state index in [-0.39, 0.29) is 12.2 Å². The van der Waals surface area contributed by atoms with Crippen LogP contribution in [-0.4, -0.2) is 28.2 Å². The number of carbonyl (C=O) groups excluding carboxylic acids is 1. The molecule has 0 bridgehead atoms. The van der Waals surface area contributed by atoms with Gasteiger partial charge in [0, 0.05) is 12.0 Å². The Bertz CT molecular complexity index is 293. The van der Waals surface area contributed by atoms with Crippen molar-refractivity contribution >= 4 is 5.78 Å². The third-order valence-corrected chi connectivity index (χ3v) is 1.93. The topological polar surface area (TPSA) is 57.5 Å². The molecule has 0 aliphatic carbocycles. The number of Topliss-reactive ketones (excluding diaryl/α,β-unsaturated/α-hetero) is 1. The minimum atomic E-state index is -1.11. The van der Waals surface area contributed by atoms with Crippen molar-refractivity contribution in [2.45, 2.75) is 25.6 Å². The lowest BCUT2D eigenvalue weighted by Gasteiger charge is -2.10. The van der Waals surface area contributed by atoms with Gasteiger partial charge >= 0.3 is 0 Å². The van der Waals surface area contributed by atoms with Crippen molar-refractivity contribution in [2.75, 3.05) is 0 Å². The second-order valence-electron chi connectivity index (χ2n) is 3.33. The lowest BCUT2D eigenvalue weighted by molar-refractivity contribution is 0.0589. The molecule has 2 N–H and O–H groups in total. The van der Waals surface area contributed by atoms with Crippen molar-refractivity contribution in [1.82, 2.24) is 0 Å². The molecule has 0 saturated heterocycles. The summed E-state index contributed by atoms with van der Waals surface area (Å²) in [7, 11) is 0. The average Bonchev–Trinajstić information content (AvgIpc) is 2.17. The summed E-state index contributed by atoms with van der Waals surface area (Å²) < 4.78 is 0. The average molecular weight is 194 g/mol. The van der Waals surface area contributed by atoms with Crippen LogP contribution in [-0.2, 0) is 0 Å². The fourth-order valence-corrected chi connectivity index (χ4v) is 1.22. The molecule has 2 unspecified atom stereocenters. The van der Waals surface area contributed by atoms with Crippen LogP contribution in [0.2, 0.25) is 0 Å². The number of carbonyl (C=O) groups is 1. The number of aliphatic hydroxyl groups is 2. The van der Waals surface area contributed by atoms with Crippen molar-refractivity contribution in [3.05, 3.63) is 35.9 Å². The first-order chi connectivity index (χ1) is 6.61. The van der Waals surface area contributed by atoms with Crippen molar-refractivity contribution in [3.8, 4) is 0 Å². The van der Waals surface area contributed by atoms with Crippen LogP contribution in [0.3, 0.4) is 0 Å². The van der Waals surface area contributed by atoms with Crippen LogP contribution in [0.4, 0.5) is 0 Å². The minimum Gasteiger partial charge on any atom is -0.393 e. The molecule has 0 aromatic heterocycles. The van der Waals surface area contributed by atoms with E-state index in [1.165, 1.54) is 0 Å². The Morgan fingerprint density at radius 2 is 1.86 bits per heavy atom. The molecule has 0 amide bonds. The third kappa shape index (κ3) is 2.94. The molecule has 0 spiro atoms. The van der Waals surface area contributed by atoms with Crippen molar-refractivity contribution < 1.29 is 15.0 Å². The summed E-state index contributed by atoms with van der Waals surface area (Å²) in [6.45, 7) is 1.54. The first kappa shape index (κ1) is 10.9. The standard InChI is InChI=1S/C11H14O3/c1-8(12)7-10(13)11(14)9-5-3-2-4-6-9/h2-6,8,10,12-13H,7H2,1H3. The molecule has 76 valence electrons. The monoisotopic (exact) mass is 194 g/mol. The molecule has 1 aromatic carbocycles. The van der Waals surface area contributed by atoms with Gasteiger partial charge in [0.15, 0.2) is 5.78 Å². The minimum absolute atomic E-state index is 0.0771. The van der Waals surface area contributed by atoms with Crippen LogP contribution in [0.1, 0.15) is 23.7 Å². The quantitative estimate of drug-likeness (QED) is 0.703. The third-order valence-electron chi connectivity index (χ3n) is 1.93. The van der Waals surface area contributed by atoms with Crippen molar-refractivity contribution in [2.24, 2.45) is 0 Å². The van der Waals surface area contributed by atoms with E-state index in [1.807, 2.05) is 0 Å². The van der Waals surface area contributed by atoms with E-state index in [0.717, 1.165) is 0 Å². The van der Waals surface area contributed by atoms with Gasteiger partial charge in [-0.25, -0.2) is 0 Å². The van der Waals surface area contributed by atoms with E-state index in [1.54, 1.807) is 37.3 Å². The molecule has 0 aliphatic rings. The van der Waals surface area contributed by atoms with Gasteiger partial charge in [0.25, 0.3) is 0 Å². The Morgan fingerprint density at radius 3 is 2.36 bits per heavy atom. The molecular formula is C11H14O3. The van der Waals surface area contributed by atoms with Crippen LogP contribution < -0.4 is 0 Å². The molecule has 1 aromatic rings. The Morgan fingerprint density at radius 1 is 1.29 bits per heavy atom. The Hall–Kier alpha value is -1.19. The van der Waals surface area contributed by atoms with E-state index < -0.39 is 12.2 Å². The highest BCUT2D eigenvalue weighted by Gasteiger charge is 2.18. The molecule has 0 fully saturated rings. The van der Waals surface area contributed by atoms with E-state index in [9.17, 15) is 9.90 Å². The van der Waals surface area contributed by atoms with Crippen LogP contribution in [0.15, 0.2) is 30.3 Å². The lowest BCUT2D eigenvalue weighted by atomic mass is 10.0. The number of hydrogen-bond donors (Lipinski definition) is 2. The van der Waals surface area contributed by atoms with Crippen molar-refractivity contribution in [1.29, 1.82) is 0 Å². The fourth-order valence-electron chi connectivity index (χ4n) is 1.22. The summed E-state index contributed by atoms with van der Waals surface area (Å²) >= 11 is 0. The maximum Gasteiger partial charge on any atom is 0.191 e. The molecule has 3 heteroatoms. The molecule has 0 saturated carbocycles. The molecule has 0 aliphatic heterocycles. The zero-order valence-electron chi connectivity index (χ0n) is 8.05. The van der Waals surface area contributed by atoms with Crippen LogP contribution in [0.5, 0.6) is 0 Å². The molecule has 0 radical (unpaired) electrons. The van der Waals surface area contributed by atoms with Gasteiger partial charge in [-0.2, -0.15) is 0 Å². The first-order valence-corrected chi connectivity index (χ1v) is 4.56.